The van der Waals surface area contributed by atoms with E-state index in [1.54, 1.807) is 30.3 Å². The summed E-state index contributed by atoms with van der Waals surface area (Å²) in [6.07, 6.45) is 1.38. The zero-order valence-corrected chi connectivity index (χ0v) is 14.1. The number of amides is 1. The van der Waals surface area contributed by atoms with Crippen LogP contribution in [0.25, 0.3) is 6.08 Å². The van der Waals surface area contributed by atoms with Crippen molar-refractivity contribution in [1.29, 1.82) is 5.26 Å². The lowest BCUT2D eigenvalue weighted by atomic mass is 10.1. The zero-order valence-electron chi connectivity index (χ0n) is 14.1. The fourth-order valence-corrected chi connectivity index (χ4v) is 2.10. The molecule has 1 N–H and O–H groups in total. The summed E-state index contributed by atoms with van der Waals surface area (Å²) < 4.78 is 9.98. The first-order valence-corrected chi connectivity index (χ1v) is 7.38. The maximum absolute atomic E-state index is 12.3. The van der Waals surface area contributed by atoms with Crippen LogP contribution in [0, 0.1) is 21.4 Å². The van der Waals surface area contributed by atoms with E-state index in [2.05, 4.69) is 5.32 Å². The van der Waals surface area contributed by atoms with Crippen LogP contribution in [0.15, 0.2) is 48.0 Å². The predicted molar refractivity (Wildman–Crippen MR) is 94.9 cm³/mol. The van der Waals surface area contributed by atoms with E-state index in [1.165, 1.54) is 38.5 Å². The van der Waals surface area contributed by atoms with Crippen LogP contribution in [0.3, 0.4) is 0 Å². The summed E-state index contributed by atoms with van der Waals surface area (Å²) in [5.41, 5.74) is 0.0538. The molecule has 8 heteroatoms. The Morgan fingerprint density at radius 2 is 1.77 bits per heavy atom. The summed E-state index contributed by atoms with van der Waals surface area (Å²) in [4.78, 5) is 22.8. The minimum absolute atomic E-state index is 0.0309. The van der Waals surface area contributed by atoms with E-state index >= 15 is 0 Å². The molecule has 132 valence electrons. The third kappa shape index (κ3) is 4.36. The Labute approximate surface area is 149 Å². The van der Waals surface area contributed by atoms with Crippen molar-refractivity contribution in [3.63, 3.8) is 0 Å². The van der Waals surface area contributed by atoms with Crippen molar-refractivity contribution < 1.29 is 19.2 Å². The van der Waals surface area contributed by atoms with Crippen LogP contribution < -0.4 is 14.8 Å². The Morgan fingerprint density at radius 1 is 1.15 bits per heavy atom. The highest BCUT2D eigenvalue weighted by Gasteiger charge is 2.19. The Hall–Kier alpha value is -3.86. The van der Waals surface area contributed by atoms with Crippen molar-refractivity contribution in [1.82, 2.24) is 0 Å². The van der Waals surface area contributed by atoms with Gasteiger partial charge in [-0.05, 0) is 35.9 Å². The number of hydrogen-bond donors (Lipinski definition) is 1. The number of hydrogen-bond acceptors (Lipinski definition) is 6. The molecule has 2 rings (SSSR count). The second kappa shape index (κ2) is 8.30. The van der Waals surface area contributed by atoms with Crippen LogP contribution in [-0.2, 0) is 4.79 Å². The second-order valence-electron chi connectivity index (χ2n) is 5.04. The number of nitrogens with one attached hydrogen (secondary N) is 1. The third-order valence-corrected chi connectivity index (χ3v) is 3.44. The molecule has 0 saturated carbocycles. The number of nitro groups is 1. The molecule has 0 aliphatic heterocycles. The average molecular weight is 353 g/mol. The highest BCUT2D eigenvalue weighted by Crippen LogP contribution is 2.29. The number of anilines is 1. The third-order valence-electron chi connectivity index (χ3n) is 3.44. The summed E-state index contributed by atoms with van der Waals surface area (Å²) in [5, 5.41) is 22.8. The first-order chi connectivity index (χ1) is 12.5. The van der Waals surface area contributed by atoms with E-state index in [0.29, 0.717) is 11.3 Å². The number of ether oxygens (including phenoxy) is 2. The molecule has 1 amide bonds. The largest absolute Gasteiger partial charge is 0.497 e. The summed E-state index contributed by atoms with van der Waals surface area (Å²) in [6.45, 7) is 0. The molecule has 26 heavy (non-hydrogen) atoms. The molecule has 0 radical (unpaired) electrons. The molecule has 2 aromatic carbocycles. The van der Waals surface area contributed by atoms with E-state index in [0.717, 1.165) is 0 Å². The molecule has 0 aliphatic rings. The van der Waals surface area contributed by atoms with E-state index in [9.17, 15) is 20.2 Å². The normalized spacial score (nSPS) is 10.6. The SMILES string of the molecule is COc1ccc(C=C(C#N)C(=O)Nc2ccc(OC)cc2[N+](=O)[O-])cc1. The molecular weight excluding hydrogens is 338 g/mol. The molecule has 0 heterocycles. The quantitative estimate of drug-likeness (QED) is 0.369. The number of rotatable bonds is 6. The van der Waals surface area contributed by atoms with Gasteiger partial charge in [-0.1, -0.05) is 12.1 Å². The summed E-state index contributed by atoms with van der Waals surface area (Å²) in [7, 11) is 2.91. The lowest BCUT2D eigenvalue weighted by molar-refractivity contribution is -0.384. The van der Waals surface area contributed by atoms with Gasteiger partial charge in [0.1, 0.15) is 28.8 Å². The van der Waals surface area contributed by atoms with Gasteiger partial charge in [0.25, 0.3) is 11.6 Å². The average Bonchev–Trinajstić information content (AvgIpc) is 2.66. The topological polar surface area (TPSA) is 114 Å². The fraction of sp³-hybridized carbons (Fsp3) is 0.111. The molecule has 0 atom stereocenters. The van der Waals surface area contributed by atoms with Gasteiger partial charge in [-0.15, -0.1) is 0 Å². The fourth-order valence-electron chi connectivity index (χ4n) is 2.10. The summed E-state index contributed by atoms with van der Waals surface area (Å²) in [5.74, 6) is 0.166. The summed E-state index contributed by atoms with van der Waals surface area (Å²) >= 11 is 0. The van der Waals surface area contributed by atoms with Gasteiger partial charge in [-0.25, -0.2) is 0 Å². The van der Waals surface area contributed by atoms with Gasteiger partial charge >= 0.3 is 0 Å². The standard InChI is InChI=1S/C18H15N3O5/c1-25-14-5-3-12(4-6-14)9-13(11-19)18(22)20-16-8-7-15(26-2)10-17(16)21(23)24/h3-10H,1-2H3,(H,20,22). The Kier molecular flexibility index (Phi) is 5.90. The lowest BCUT2D eigenvalue weighted by Crippen LogP contribution is -2.14. The van der Waals surface area contributed by atoms with Crippen LogP contribution in [0.5, 0.6) is 11.5 Å². The van der Waals surface area contributed by atoms with E-state index in [1.807, 2.05) is 0 Å². The summed E-state index contributed by atoms with van der Waals surface area (Å²) in [6, 6.07) is 12.5. The number of nitriles is 1. The number of benzene rings is 2. The number of nitro benzene ring substituents is 1. The van der Waals surface area contributed by atoms with Crippen molar-refractivity contribution in [3.8, 4) is 17.6 Å². The minimum atomic E-state index is -0.753. The van der Waals surface area contributed by atoms with Crippen LogP contribution in [-0.4, -0.2) is 25.1 Å². The first-order valence-electron chi connectivity index (χ1n) is 7.38. The number of carbonyl (C=O) groups excluding carboxylic acids is 1. The molecule has 0 unspecified atom stereocenters. The molecule has 0 spiro atoms. The van der Waals surface area contributed by atoms with Crippen molar-refractivity contribution in [2.45, 2.75) is 0 Å². The van der Waals surface area contributed by atoms with Crippen LogP contribution in [0.1, 0.15) is 5.56 Å². The van der Waals surface area contributed by atoms with Gasteiger partial charge < -0.3 is 14.8 Å². The maximum Gasteiger partial charge on any atom is 0.296 e. The molecule has 8 nitrogen and oxygen atoms in total. The minimum Gasteiger partial charge on any atom is -0.497 e. The molecule has 0 bridgehead atoms. The van der Waals surface area contributed by atoms with Crippen LogP contribution in [0.4, 0.5) is 11.4 Å². The van der Waals surface area contributed by atoms with Gasteiger partial charge in [0, 0.05) is 0 Å². The highest BCUT2D eigenvalue weighted by atomic mass is 16.6. The van der Waals surface area contributed by atoms with Crippen molar-refractivity contribution >= 4 is 23.4 Å². The monoisotopic (exact) mass is 353 g/mol. The van der Waals surface area contributed by atoms with Gasteiger partial charge in [-0.2, -0.15) is 5.26 Å². The first kappa shape index (κ1) is 18.5. The molecule has 0 aromatic heterocycles. The van der Waals surface area contributed by atoms with E-state index in [4.69, 9.17) is 9.47 Å². The van der Waals surface area contributed by atoms with Crippen molar-refractivity contribution in [2.24, 2.45) is 0 Å². The number of methoxy groups -OCH3 is 2. The molecule has 2 aromatic rings. The van der Waals surface area contributed by atoms with E-state index < -0.39 is 10.8 Å². The van der Waals surface area contributed by atoms with Gasteiger partial charge in [-0.3, -0.25) is 14.9 Å². The predicted octanol–water partition coefficient (Wildman–Crippen LogP) is 3.16. The van der Waals surface area contributed by atoms with E-state index in [-0.39, 0.29) is 22.7 Å². The Bertz CT molecular complexity index is 898. The Morgan fingerprint density at radius 3 is 2.31 bits per heavy atom. The lowest BCUT2D eigenvalue weighted by Gasteiger charge is -2.07. The second-order valence-corrected chi connectivity index (χ2v) is 5.04. The van der Waals surface area contributed by atoms with Crippen LogP contribution in [0.2, 0.25) is 0 Å². The zero-order chi connectivity index (χ0) is 19.1. The van der Waals surface area contributed by atoms with Gasteiger partial charge in [0.05, 0.1) is 25.2 Å². The van der Waals surface area contributed by atoms with Crippen LogP contribution >= 0.6 is 0 Å². The maximum atomic E-state index is 12.3. The van der Waals surface area contributed by atoms with Crippen molar-refractivity contribution in [3.05, 3.63) is 63.7 Å². The smallest absolute Gasteiger partial charge is 0.296 e. The number of nitrogens with zero attached hydrogens (tertiary/aromatic N) is 2. The van der Waals surface area contributed by atoms with Gasteiger partial charge in [0.15, 0.2) is 0 Å². The van der Waals surface area contributed by atoms with Crippen molar-refractivity contribution in [2.75, 3.05) is 19.5 Å². The number of carbonyl (C=O) groups is 1. The van der Waals surface area contributed by atoms with Gasteiger partial charge in [0.2, 0.25) is 0 Å². The molecule has 0 aliphatic carbocycles. The molecule has 0 saturated heterocycles. The molecule has 0 fully saturated rings. The highest BCUT2D eigenvalue weighted by molar-refractivity contribution is 6.10. The molecular formula is C18H15N3O5. The Balaban J connectivity index is 2.28.